The molecular formula is C35H39FN8O4. The smallest absolute Gasteiger partial charge is 0.318 e. The van der Waals surface area contributed by atoms with Crippen LogP contribution in [0.15, 0.2) is 30.5 Å². The molecule has 2 saturated heterocycles. The molecule has 6 heterocycles. The zero-order valence-corrected chi connectivity index (χ0v) is 27.5. The van der Waals surface area contributed by atoms with Crippen LogP contribution < -0.4 is 14.5 Å². The van der Waals surface area contributed by atoms with Gasteiger partial charge in [-0.1, -0.05) is 13.0 Å². The maximum absolute atomic E-state index is 15.1. The second-order valence-electron chi connectivity index (χ2n) is 13.5. The number of carbonyl (C=O) groups excluding carboxylic acids is 2. The van der Waals surface area contributed by atoms with Crippen molar-refractivity contribution in [2.75, 3.05) is 50.1 Å². The van der Waals surface area contributed by atoms with E-state index in [9.17, 15) is 14.7 Å². The Morgan fingerprint density at radius 2 is 1.88 bits per heavy atom. The molecule has 8 rings (SSSR count). The minimum Gasteiger partial charge on any atom is -0.508 e. The molecule has 0 unspecified atom stereocenters. The molecule has 0 aliphatic carbocycles. The summed E-state index contributed by atoms with van der Waals surface area (Å²) in [5.41, 5.74) is 2.95. The van der Waals surface area contributed by atoms with Gasteiger partial charge in [0.1, 0.15) is 29.6 Å². The molecule has 2 aromatic carbocycles. The molecule has 4 aliphatic rings. The monoisotopic (exact) mass is 654 g/mol. The lowest BCUT2D eigenvalue weighted by molar-refractivity contribution is 0.0825. The topological polar surface area (TPSA) is 120 Å². The van der Waals surface area contributed by atoms with Crippen molar-refractivity contribution < 1.29 is 23.8 Å². The fourth-order valence-electron chi connectivity index (χ4n) is 8.19. The predicted molar refractivity (Wildman–Crippen MR) is 177 cm³/mol. The molecule has 1 N–H and O–H groups in total. The van der Waals surface area contributed by atoms with Crippen LogP contribution in [0.25, 0.3) is 10.8 Å². The Labute approximate surface area is 277 Å². The number of fused-ring (bicyclic) bond motifs is 4. The van der Waals surface area contributed by atoms with Gasteiger partial charge in [0, 0.05) is 32.1 Å². The third-order valence-electron chi connectivity index (χ3n) is 10.6. The maximum atomic E-state index is 15.1. The standard InChI is InChI=1S/C35H39FN8O4/c1-4-23-25(36)8-7-21-15-22(45)16-27(29(21)23)43-18-26-30(33(43)47)31(39-34(38-26)48-20-35-9-5-11-42(35)12-6-10-35)41-13-14-44-28(19-41)24(17-37-44)32(46)40(2)3/h7-8,15-17,45H,4-6,9-14,18-20H2,1-3H3. The molecule has 0 spiro atoms. The first-order valence-electron chi connectivity index (χ1n) is 16.7. The van der Waals surface area contributed by atoms with Crippen molar-refractivity contribution in [2.24, 2.45) is 0 Å². The van der Waals surface area contributed by atoms with E-state index in [0.29, 0.717) is 77.3 Å². The van der Waals surface area contributed by atoms with Crippen LogP contribution in [0.1, 0.15) is 70.3 Å². The molecular weight excluding hydrogens is 615 g/mol. The third-order valence-corrected chi connectivity index (χ3v) is 10.6. The van der Waals surface area contributed by atoms with Crippen LogP contribution in [0, 0.1) is 5.82 Å². The van der Waals surface area contributed by atoms with Crippen LogP contribution in [-0.2, 0) is 26.1 Å². The Morgan fingerprint density at radius 1 is 1.08 bits per heavy atom. The minimum absolute atomic E-state index is 0.0232. The van der Waals surface area contributed by atoms with Crippen LogP contribution in [0.4, 0.5) is 15.9 Å². The van der Waals surface area contributed by atoms with Gasteiger partial charge in [-0.3, -0.25) is 19.2 Å². The highest BCUT2D eigenvalue weighted by Gasteiger charge is 2.45. The van der Waals surface area contributed by atoms with Crippen molar-refractivity contribution in [2.45, 2.75) is 64.2 Å². The number of halogens is 1. The maximum Gasteiger partial charge on any atom is 0.318 e. The van der Waals surface area contributed by atoms with Gasteiger partial charge in [-0.05, 0) is 68.3 Å². The number of phenolic OH excluding ortho intramolecular Hbond substituents is 1. The number of phenols is 1. The lowest BCUT2D eigenvalue weighted by Gasteiger charge is -2.32. The average molecular weight is 655 g/mol. The minimum atomic E-state index is -0.363. The summed E-state index contributed by atoms with van der Waals surface area (Å²) in [7, 11) is 3.41. The van der Waals surface area contributed by atoms with Crippen molar-refractivity contribution >= 4 is 34.1 Å². The Morgan fingerprint density at radius 3 is 2.62 bits per heavy atom. The van der Waals surface area contributed by atoms with E-state index in [1.165, 1.54) is 17.0 Å². The number of benzene rings is 2. The predicted octanol–water partition coefficient (Wildman–Crippen LogP) is 4.12. The van der Waals surface area contributed by atoms with E-state index < -0.39 is 0 Å². The molecule has 0 radical (unpaired) electrons. The lowest BCUT2D eigenvalue weighted by atomic mass is 9.95. The second kappa shape index (κ2) is 11.4. The molecule has 0 bridgehead atoms. The molecule has 48 heavy (non-hydrogen) atoms. The van der Waals surface area contributed by atoms with Gasteiger partial charge in [-0.2, -0.15) is 15.1 Å². The van der Waals surface area contributed by atoms with Gasteiger partial charge >= 0.3 is 6.01 Å². The number of aromatic nitrogens is 4. The Balaban J connectivity index is 1.21. The zero-order valence-electron chi connectivity index (χ0n) is 27.5. The van der Waals surface area contributed by atoms with Crippen molar-refractivity contribution in [1.82, 2.24) is 29.5 Å². The highest BCUT2D eigenvalue weighted by atomic mass is 19.1. The molecule has 12 nitrogen and oxygen atoms in total. The Hall–Kier alpha value is -4.78. The number of amides is 2. The molecule has 250 valence electrons. The molecule has 2 fully saturated rings. The molecule has 2 amide bonds. The number of anilines is 2. The number of ether oxygens (including phenoxy) is 1. The fraction of sp³-hybridized carbons (Fsp3) is 0.457. The first-order chi connectivity index (χ1) is 23.2. The van der Waals surface area contributed by atoms with E-state index in [1.807, 2.05) is 16.5 Å². The van der Waals surface area contributed by atoms with Crippen LogP contribution in [0.3, 0.4) is 0 Å². The van der Waals surface area contributed by atoms with Crippen molar-refractivity contribution in [1.29, 1.82) is 0 Å². The number of carbonyl (C=O) groups is 2. The van der Waals surface area contributed by atoms with E-state index >= 15 is 4.39 Å². The molecule has 4 aromatic rings. The van der Waals surface area contributed by atoms with Crippen molar-refractivity contribution in [3.8, 4) is 11.8 Å². The molecule has 0 atom stereocenters. The van der Waals surface area contributed by atoms with E-state index in [2.05, 4.69) is 10.00 Å². The van der Waals surface area contributed by atoms with Gasteiger partial charge in [0.25, 0.3) is 11.8 Å². The summed E-state index contributed by atoms with van der Waals surface area (Å²) in [4.78, 5) is 44.8. The SMILES string of the molecule is CCc1c(F)ccc2cc(O)cc(N3Cc4nc(OCC56CCCN5CCC6)nc(N5CCn6ncc(C(=O)N(C)C)c6C5)c4C3=O)c12. The van der Waals surface area contributed by atoms with Crippen molar-refractivity contribution in [3.05, 3.63) is 64.4 Å². The quantitative estimate of drug-likeness (QED) is 0.314. The third kappa shape index (κ3) is 4.77. The van der Waals surface area contributed by atoms with E-state index in [1.54, 1.807) is 37.3 Å². The van der Waals surface area contributed by atoms with Crippen LogP contribution in [0.5, 0.6) is 11.8 Å². The first kappa shape index (κ1) is 30.5. The summed E-state index contributed by atoms with van der Waals surface area (Å²) in [6, 6.07) is 6.32. The largest absolute Gasteiger partial charge is 0.508 e. The summed E-state index contributed by atoms with van der Waals surface area (Å²) in [6.07, 6.45) is 6.41. The average Bonchev–Trinajstić information content (AvgIpc) is 3.85. The van der Waals surface area contributed by atoms with Gasteiger partial charge in [-0.25, -0.2) is 4.39 Å². The van der Waals surface area contributed by atoms with Gasteiger partial charge in [-0.15, -0.1) is 0 Å². The van der Waals surface area contributed by atoms with Crippen LogP contribution in [-0.4, -0.2) is 92.3 Å². The summed E-state index contributed by atoms with van der Waals surface area (Å²) >= 11 is 0. The number of hydrogen-bond donors (Lipinski definition) is 1. The molecule has 2 aromatic heterocycles. The summed E-state index contributed by atoms with van der Waals surface area (Å²) in [5, 5.41) is 16.4. The van der Waals surface area contributed by atoms with Crippen molar-refractivity contribution in [3.63, 3.8) is 0 Å². The van der Waals surface area contributed by atoms with Crippen LogP contribution in [0.2, 0.25) is 0 Å². The first-order valence-corrected chi connectivity index (χ1v) is 16.7. The lowest BCUT2D eigenvalue weighted by Crippen LogP contribution is -2.43. The number of rotatable bonds is 7. The number of aryl methyl sites for hydroxylation is 1. The van der Waals surface area contributed by atoms with E-state index in [-0.39, 0.29) is 41.5 Å². The van der Waals surface area contributed by atoms with Gasteiger partial charge < -0.3 is 24.5 Å². The number of nitrogens with zero attached hydrogens (tertiary/aromatic N) is 8. The Kier molecular flexibility index (Phi) is 7.27. The highest BCUT2D eigenvalue weighted by Crippen LogP contribution is 2.42. The summed E-state index contributed by atoms with van der Waals surface area (Å²) in [6.45, 7) is 5.87. The fourth-order valence-corrected chi connectivity index (χ4v) is 8.19. The molecule has 0 saturated carbocycles. The zero-order chi connectivity index (χ0) is 33.3. The normalized spacial score (nSPS) is 18.4. The van der Waals surface area contributed by atoms with Gasteiger partial charge in [0.2, 0.25) is 0 Å². The number of hydrogen-bond acceptors (Lipinski definition) is 9. The van der Waals surface area contributed by atoms with Gasteiger partial charge in [0.15, 0.2) is 0 Å². The second-order valence-corrected chi connectivity index (χ2v) is 13.5. The Bertz CT molecular complexity index is 1970. The number of aromatic hydroxyl groups is 1. The summed E-state index contributed by atoms with van der Waals surface area (Å²) < 4.78 is 23.4. The van der Waals surface area contributed by atoms with Gasteiger partial charge in [0.05, 0.1) is 54.0 Å². The highest BCUT2D eigenvalue weighted by molar-refractivity contribution is 6.16. The van der Waals surface area contributed by atoms with Crippen LogP contribution >= 0.6 is 0 Å². The van der Waals surface area contributed by atoms with E-state index in [4.69, 9.17) is 14.7 Å². The summed E-state index contributed by atoms with van der Waals surface area (Å²) in [5.74, 6) is -0.451. The van der Waals surface area contributed by atoms with E-state index in [0.717, 1.165) is 44.5 Å². The molecule has 13 heteroatoms. The molecule has 4 aliphatic heterocycles.